The maximum absolute atomic E-state index is 13.8. The average molecular weight is 523 g/mol. The van der Waals surface area contributed by atoms with Crippen LogP contribution in [0.2, 0.25) is 0 Å². The van der Waals surface area contributed by atoms with Crippen LogP contribution < -0.4 is 29.1 Å². The van der Waals surface area contributed by atoms with Gasteiger partial charge in [0.25, 0.3) is 5.56 Å². The Morgan fingerprint density at radius 1 is 1.05 bits per heavy atom. The summed E-state index contributed by atoms with van der Waals surface area (Å²) in [5.74, 6) is 1.21. The zero-order valence-corrected chi connectivity index (χ0v) is 22.4. The Balaban J connectivity index is 1.95. The summed E-state index contributed by atoms with van der Waals surface area (Å²) < 4.78 is 24.4. The smallest absolute Gasteiger partial charge is 0.338 e. The number of hydrogen-bond acceptors (Lipinski definition) is 8. The molecule has 0 aliphatic carbocycles. The number of esters is 1. The Morgan fingerprint density at radius 2 is 1.78 bits per heavy atom. The molecule has 0 fully saturated rings. The number of thiazole rings is 1. The second-order valence-corrected chi connectivity index (χ2v) is 9.13. The number of methoxy groups -OCH3 is 1. The first-order chi connectivity index (χ1) is 17.9. The van der Waals surface area contributed by atoms with Crippen molar-refractivity contribution in [2.75, 3.05) is 26.9 Å². The highest BCUT2D eigenvalue weighted by molar-refractivity contribution is 7.07. The maximum atomic E-state index is 13.8. The molecule has 1 aromatic heterocycles. The topological polar surface area (TPSA) is 88.4 Å². The first-order valence-corrected chi connectivity index (χ1v) is 13.0. The third kappa shape index (κ3) is 5.17. The van der Waals surface area contributed by atoms with Gasteiger partial charge in [0.1, 0.15) is 11.8 Å². The molecule has 1 aliphatic heterocycles. The molecule has 0 N–H and O–H groups in total. The van der Waals surface area contributed by atoms with Crippen LogP contribution in [0.5, 0.6) is 17.2 Å². The van der Waals surface area contributed by atoms with Crippen LogP contribution in [-0.2, 0) is 9.53 Å². The van der Waals surface area contributed by atoms with Gasteiger partial charge in [0.2, 0.25) is 0 Å². The Labute approximate surface area is 219 Å². The van der Waals surface area contributed by atoms with Gasteiger partial charge in [0, 0.05) is 5.56 Å². The second-order valence-electron chi connectivity index (χ2n) is 8.12. The van der Waals surface area contributed by atoms with Crippen molar-refractivity contribution in [3.63, 3.8) is 0 Å². The Kier molecular flexibility index (Phi) is 8.13. The Bertz CT molecular complexity index is 1500. The lowest BCUT2D eigenvalue weighted by molar-refractivity contribution is -0.139. The molecule has 2 aromatic carbocycles. The summed E-state index contributed by atoms with van der Waals surface area (Å²) in [4.78, 5) is 32.1. The van der Waals surface area contributed by atoms with E-state index in [0.29, 0.717) is 45.3 Å². The molecule has 0 saturated heterocycles. The third-order valence-electron chi connectivity index (χ3n) is 5.82. The van der Waals surface area contributed by atoms with Gasteiger partial charge in [-0.05, 0) is 57.5 Å². The summed E-state index contributed by atoms with van der Waals surface area (Å²) in [6.45, 7) is 8.44. The molecule has 0 radical (unpaired) electrons. The summed E-state index contributed by atoms with van der Waals surface area (Å²) in [7, 11) is 1.55. The van der Waals surface area contributed by atoms with Gasteiger partial charge in [-0.15, -0.1) is 0 Å². The maximum Gasteiger partial charge on any atom is 0.338 e. The van der Waals surface area contributed by atoms with Crippen LogP contribution in [0.4, 0.5) is 0 Å². The second kappa shape index (κ2) is 11.5. The number of allylic oxidation sites excluding steroid dienone is 1. The summed E-state index contributed by atoms with van der Waals surface area (Å²) in [5, 5.41) is 0. The van der Waals surface area contributed by atoms with Crippen LogP contribution in [0.25, 0.3) is 6.08 Å². The fraction of sp³-hybridized carbons (Fsp3) is 0.321. The van der Waals surface area contributed by atoms with Crippen molar-refractivity contribution in [3.05, 3.63) is 84.5 Å². The van der Waals surface area contributed by atoms with Crippen molar-refractivity contribution < 1.29 is 23.7 Å². The Hall–Kier alpha value is -3.85. The molecular formula is C28H30N2O6S. The minimum Gasteiger partial charge on any atom is -0.494 e. The summed E-state index contributed by atoms with van der Waals surface area (Å²) in [5.41, 5.74) is 1.98. The molecule has 0 bridgehead atoms. The van der Waals surface area contributed by atoms with E-state index in [9.17, 15) is 9.59 Å². The van der Waals surface area contributed by atoms with Crippen molar-refractivity contribution in [2.45, 2.75) is 33.7 Å². The van der Waals surface area contributed by atoms with Gasteiger partial charge in [-0.25, -0.2) is 9.79 Å². The molecule has 9 heteroatoms. The molecular weight excluding hydrogens is 492 g/mol. The molecule has 8 nitrogen and oxygen atoms in total. The monoisotopic (exact) mass is 522 g/mol. The molecule has 3 aromatic rings. The number of carbonyl (C=O) groups is 1. The largest absolute Gasteiger partial charge is 0.494 e. The van der Waals surface area contributed by atoms with E-state index in [1.54, 1.807) is 31.6 Å². The standard InChI is InChI=1S/C28H30N2O6S/c1-6-34-19-14-12-18(13-15-19)16-22-26(31)30-24(20-10-9-11-21(33-5)25(20)35-7-2)23(27(32)36-8-3)17(4)29-28(30)37-22/h9-16,24H,6-8H2,1-5H3/b22-16+/t24-/m0/s1. The molecule has 37 heavy (non-hydrogen) atoms. The van der Waals surface area contributed by atoms with Crippen LogP contribution in [0.1, 0.15) is 44.9 Å². The zero-order valence-electron chi connectivity index (χ0n) is 21.6. The van der Waals surface area contributed by atoms with E-state index in [0.717, 1.165) is 11.3 Å². The number of nitrogens with zero attached hydrogens (tertiary/aromatic N) is 2. The molecule has 0 amide bonds. The van der Waals surface area contributed by atoms with Crippen LogP contribution in [0.3, 0.4) is 0 Å². The van der Waals surface area contributed by atoms with Gasteiger partial charge in [-0.2, -0.15) is 0 Å². The van der Waals surface area contributed by atoms with Gasteiger partial charge in [0.05, 0.1) is 42.7 Å². The molecule has 2 heterocycles. The highest BCUT2D eigenvalue weighted by Crippen LogP contribution is 2.40. The number of rotatable bonds is 9. The van der Waals surface area contributed by atoms with Crippen LogP contribution in [0.15, 0.2) is 63.5 Å². The van der Waals surface area contributed by atoms with E-state index >= 15 is 0 Å². The number of fused-ring (bicyclic) bond motifs is 1. The van der Waals surface area contributed by atoms with Crippen molar-refractivity contribution in [3.8, 4) is 17.2 Å². The molecule has 0 spiro atoms. The summed E-state index contributed by atoms with van der Waals surface area (Å²) in [6.07, 6.45) is 1.81. The van der Waals surface area contributed by atoms with Crippen molar-refractivity contribution in [1.29, 1.82) is 0 Å². The first kappa shape index (κ1) is 26.2. The van der Waals surface area contributed by atoms with Crippen molar-refractivity contribution in [1.82, 2.24) is 4.57 Å². The van der Waals surface area contributed by atoms with Crippen molar-refractivity contribution >= 4 is 23.4 Å². The van der Waals surface area contributed by atoms with Gasteiger partial charge in [0.15, 0.2) is 16.3 Å². The Morgan fingerprint density at radius 3 is 2.43 bits per heavy atom. The predicted octanol–water partition coefficient (Wildman–Crippen LogP) is 3.60. The van der Waals surface area contributed by atoms with Crippen molar-refractivity contribution in [2.24, 2.45) is 4.99 Å². The molecule has 0 saturated carbocycles. The summed E-state index contributed by atoms with van der Waals surface area (Å²) >= 11 is 1.27. The lowest BCUT2D eigenvalue weighted by Gasteiger charge is -2.26. The number of benzene rings is 2. The van der Waals surface area contributed by atoms with Crippen LogP contribution >= 0.6 is 11.3 Å². The van der Waals surface area contributed by atoms with E-state index in [-0.39, 0.29) is 17.7 Å². The van der Waals surface area contributed by atoms with Crippen LogP contribution in [0, 0.1) is 0 Å². The lowest BCUT2D eigenvalue weighted by atomic mass is 9.94. The first-order valence-electron chi connectivity index (χ1n) is 12.2. The van der Waals surface area contributed by atoms with Gasteiger partial charge >= 0.3 is 5.97 Å². The summed E-state index contributed by atoms with van der Waals surface area (Å²) in [6, 6.07) is 12.1. The van der Waals surface area contributed by atoms with E-state index < -0.39 is 12.0 Å². The number of ether oxygens (including phenoxy) is 4. The highest BCUT2D eigenvalue weighted by Gasteiger charge is 2.35. The fourth-order valence-electron chi connectivity index (χ4n) is 4.27. The minimum absolute atomic E-state index is 0.195. The average Bonchev–Trinajstić information content (AvgIpc) is 3.19. The predicted molar refractivity (Wildman–Crippen MR) is 142 cm³/mol. The highest BCUT2D eigenvalue weighted by atomic mass is 32.1. The number of para-hydroxylation sites is 1. The van der Waals surface area contributed by atoms with Gasteiger partial charge in [-0.1, -0.05) is 35.6 Å². The van der Waals surface area contributed by atoms with Gasteiger partial charge in [-0.3, -0.25) is 9.36 Å². The molecule has 4 rings (SSSR count). The van der Waals surface area contributed by atoms with Crippen LogP contribution in [-0.4, -0.2) is 37.5 Å². The third-order valence-corrected chi connectivity index (χ3v) is 6.80. The molecule has 1 atom stereocenters. The molecule has 1 aliphatic rings. The fourth-order valence-corrected chi connectivity index (χ4v) is 5.32. The molecule has 0 unspecified atom stereocenters. The van der Waals surface area contributed by atoms with E-state index in [1.165, 1.54) is 11.3 Å². The van der Waals surface area contributed by atoms with E-state index in [1.807, 2.05) is 56.3 Å². The van der Waals surface area contributed by atoms with E-state index in [4.69, 9.17) is 18.9 Å². The SMILES string of the molecule is CCOC(=O)C1=C(C)N=c2s/c(=C/c3ccc(OCC)cc3)c(=O)n2[C@H]1c1cccc(OC)c1OCC. The van der Waals surface area contributed by atoms with E-state index in [2.05, 4.69) is 4.99 Å². The van der Waals surface area contributed by atoms with Gasteiger partial charge < -0.3 is 18.9 Å². The number of aromatic nitrogens is 1. The number of hydrogen-bond donors (Lipinski definition) is 0. The number of carbonyl (C=O) groups excluding carboxylic acids is 1. The quantitative estimate of drug-likeness (QED) is 0.399. The zero-order chi connectivity index (χ0) is 26.5. The normalized spacial score (nSPS) is 15.2. The lowest BCUT2D eigenvalue weighted by Crippen LogP contribution is -2.40. The molecule has 194 valence electrons. The minimum atomic E-state index is -0.797.